The van der Waals surface area contributed by atoms with Gasteiger partial charge in [0, 0.05) is 19.8 Å². The Balaban J connectivity index is 1.58. The Morgan fingerprint density at radius 1 is 1.05 bits per heavy atom. The zero-order chi connectivity index (χ0) is 26.7. The van der Waals surface area contributed by atoms with Gasteiger partial charge in [-0.3, -0.25) is 9.69 Å². The molecule has 3 aromatic carbocycles. The number of nitrogens with zero attached hydrogens (tertiary/aromatic N) is 2. The van der Waals surface area contributed by atoms with Crippen LogP contribution >= 0.6 is 63.1 Å². The summed E-state index contributed by atoms with van der Waals surface area (Å²) in [7, 11) is 3.94. The second-order valence-electron chi connectivity index (χ2n) is 8.23. The van der Waals surface area contributed by atoms with Crippen molar-refractivity contribution in [3.63, 3.8) is 0 Å². The number of ether oxygens (including phenoxy) is 2. The fraction of sp³-hybridized carbons (Fsp3) is 0.185. The van der Waals surface area contributed by atoms with E-state index in [0.717, 1.165) is 22.5 Å². The molecule has 0 unspecified atom stereocenters. The quantitative estimate of drug-likeness (QED) is 0.183. The zero-order valence-corrected chi connectivity index (χ0v) is 25.0. The standard InChI is InChI=1S/C27H23BrCl2N2O3S2/c1-4-34-23-13-17(11-20(28)25(23)35-15-16-5-10-21(29)22(30)12-16)14-24-26(33)32(27(36)37-24)19-8-6-18(7-9-19)31(2)3/h5-14H,4,15H2,1-3H3/b24-14+. The van der Waals surface area contributed by atoms with E-state index in [4.69, 9.17) is 44.9 Å². The van der Waals surface area contributed by atoms with Crippen molar-refractivity contribution >= 4 is 90.8 Å². The van der Waals surface area contributed by atoms with Gasteiger partial charge in [0.05, 0.1) is 31.7 Å². The minimum atomic E-state index is -0.165. The minimum absolute atomic E-state index is 0.165. The van der Waals surface area contributed by atoms with Gasteiger partial charge < -0.3 is 14.4 Å². The second-order valence-corrected chi connectivity index (χ2v) is 11.6. The highest BCUT2D eigenvalue weighted by Crippen LogP contribution is 2.41. The molecule has 1 fully saturated rings. The van der Waals surface area contributed by atoms with Crippen LogP contribution in [0.15, 0.2) is 64.0 Å². The summed E-state index contributed by atoms with van der Waals surface area (Å²) in [5.74, 6) is 0.943. The summed E-state index contributed by atoms with van der Waals surface area (Å²) in [5, 5.41) is 0.954. The molecule has 4 rings (SSSR count). The fourth-order valence-corrected chi connectivity index (χ4v) is 5.79. The van der Waals surface area contributed by atoms with Crippen molar-refractivity contribution in [3.05, 3.63) is 85.1 Å². The first-order valence-electron chi connectivity index (χ1n) is 11.3. The lowest BCUT2D eigenvalue weighted by Crippen LogP contribution is -2.27. The SMILES string of the molecule is CCOc1cc(/C=C2/SC(=S)N(c3ccc(N(C)C)cc3)C2=O)cc(Br)c1OCc1ccc(Cl)c(Cl)c1. The number of thiocarbonyl (C=S) groups is 1. The summed E-state index contributed by atoms with van der Waals surface area (Å²) in [6.07, 6.45) is 1.81. The van der Waals surface area contributed by atoms with E-state index in [1.165, 1.54) is 11.8 Å². The van der Waals surface area contributed by atoms with E-state index in [2.05, 4.69) is 15.9 Å². The number of thioether (sulfide) groups is 1. The van der Waals surface area contributed by atoms with Gasteiger partial charge in [-0.25, -0.2) is 0 Å². The van der Waals surface area contributed by atoms with Crippen LogP contribution in [0.5, 0.6) is 11.5 Å². The summed E-state index contributed by atoms with van der Waals surface area (Å²) in [4.78, 5) is 17.3. The van der Waals surface area contributed by atoms with E-state index in [9.17, 15) is 4.79 Å². The van der Waals surface area contributed by atoms with Gasteiger partial charge in [-0.15, -0.1) is 0 Å². The first-order chi connectivity index (χ1) is 17.7. The average Bonchev–Trinajstić information content (AvgIpc) is 3.13. The maximum atomic E-state index is 13.3. The van der Waals surface area contributed by atoms with Crippen LogP contribution in [0.3, 0.4) is 0 Å². The van der Waals surface area contributed by atoms with E-state index in [-0.39, 0.29) is 12.5 Å². The highest BCUT2D eigenvalue weighted by atomic mass is 79.9. The molecule has 0 aromatic heterocycles. The van der Waals surface area contributed by atoms with E-state index in [0.29, 0.717) is 41.8 Å². The van der Waals surface area contributed by atoms with E-state index in [1.807, 2.05) is 74.5 Å². The van der Waals surface area contributed by atoms with Gasteiger partial charge in [0.1, 0.15) is 6.61 Å². The third-order valence-electron chi connectivity index (χ3n) is 5.41. The van der Waals surface area contributed by atoms with Gasteiger partial charge in [0.25, 0.3) is 5.91 Å². The van der Waals surface area contributed by atoms with Crippen LogP contribution in [0, 0.1) is 0 Å². The Kier molecular flexibility index (Phi) is 9.08. The molecular formula is C27H23BrCl2N2O3S2. The third kappa shape index (κ3) is 6.44. The summed E-state index contributed by atoms with van der Waals surface area (Å²) in [6, 6.07) is 16.8. The number of benzene rings is 3. The first-order valence-corrected chi connectivity index (χ1v) is 14.0. The maximum Gasteiger partial charge on any atom is 0.270 e. The van der Waals surface area contributed by atoms with Crippen molar-refractivity contribution in [1.29, 1.82) is 0 Å². The predicted molar refractivity (Wildman–Crippen MR) is 163 cm³/mol. The largest absolute Gasteiger partial charge is 0.490 e. The molecule has 0 bridgehead atoms. The highest BCUT2D eigenvalue weighted by molar-refractivity contribution is 9.10. The first kappa shape index (κ1) is 27.8. The molecule has 10 heteroatoms. The number of hydrogen-bond acceptors (Lipinski definition) is 6. The van der Waals surface area contributed by atoms with Gasteiger partial charge in [-0.2, -0.15) is 0 Å². The Hall–Kier alpha value is -2.23. The van der Waals surface area contributed by atoms with Gasteiger partial charge in [-0.05, 0) is 88.6 Å². The smallest absolute Gasteiger partial charge is 0.270 e. The Bertz CT molecular complexity index is 1380. The molecule has 0 radical (unpaired) electrons. The molecule has 1 heterocycles. The predicted octanol–water partition coefficient (Wildman–Crippen LogP) is 8.21. The van der Waals surface area contributed by atoms with Crippen molar-refractivity contribution in [3.8, 4) is 11.5 Å². The molecule has 0 spiro atoms. The van der Waals surface area contributed by atoms with Gasteiger partial charge in [0.15, 0.2) is 15.8 Å². The number of carbonyl (C=O) groups is 1. The molecule has 192 valence electrons. The van der Waals surface area contributed by atoms with Crippen molar-refractivity contribution < 1.29 is 14.3 Å². The van der Waals surface area contributed by atoms with E-state index < -0.39 is 0 Å². The summed E-state index contributed by atoms with van der Waals surface area (Å²) >= 11 is 22.5. The van der Waals surface area contributed by atoms with Crippen LogP contribution in [0.1, 0.15) is 18.1 Å². The van der Waals surface area contributed by atoms with E-state index >= 15 is 0 Å². The summed E-state index contributed by atoms with van der Waals surface area (Å²) in [6.45, 7) is 2.63. The lowest BCUT2D eigenvalue weighted by molar-refractivity contribution is -0.113. The van der Waals surface area contributed by atoms with Crippen molar-refractivity contribution in [2.24, 2.45) is 0 Å². The molecule has 0 aliphatic carbocycles. The number of rotatable bonds is 8. The van der Waals surface area contributed by atoms with Crippen molar-refractivity contribution in [1.82, 2.24) is 0 Å². The molecule has 5 nitrogen and oxygen atoms in total. The molecule has 1 aliphatic heterocycles. The number of anilines is 2. The van der Waals surface area contributed by atoms with Crippen LogP contribution in [0.4, 0.5) is 11.4 Å². The Morgan fingerprint density at radius 2 is 1.78 bits per heavy atom. The Morgan fingerprint density at radius 3 is 2.43 bits per heavy atom. The highest BCUT2D eigenvalue weighted by Gasteiger charge is 2.33. The van der Waals surface area contributed by atoms with E-state index in [1.54, 1.807) is 17.0 Å². The van der Waals surface area contributed by atoms with Gasteiger partial charge in [0.2, 0.25) is 0 Å². The lowest BCUT2D eigenvalue weighted by atomic mass is 10.1. The van der Waals surface area contributed by atoms with Crippen LogP contribution in [-0.2, 0) is 11.4 Å². The number of carbonyl (C=O) groups excluding carboxylic acids is 1. The van der Waals surface area contributed by atoms with Crippen LogP contribution in [-0.4, -0.2) is 30.9 Å². The minimum Gasteiger partial charge on any atom is -0.490 e. The summed E-state index contributed by atoms with van der Waals surface area (Å²) in [5.41, 5.74) is 3.43. The molecule has 0 atom stereocenters. The summed E-state index contributed by atoms with van der Waals surface area (Å²) < 4.78 is 13.1. The number of hydrogen-bond donors (Lipinski definition) is 0. The number of halogens is 3. The van der Waals surface area contributed by atoms with Crippen LogP contribution in [0.25, 0.3) is 6.08 Å². The topological polar surface area (TPSA) is 42.0 Å². The molecular weight excluding hydrogens is 615 g/mol. The van der Waals surface area contributed by atoms with Crippen molar-refractivity contribution in [2.45, 2.75) is 13.5 Å². The Labute approximate surface area is 244 Å². The van der Waals surface area contributed by atoms with Crippen molar-refractivity contribution in [2.75, 3.05) is 30.5 Å². The molecule has 1 saturated heterocycles. The monoisotopic (exact) mass is 636 g/mol. The van der Waals surface area contributed by atoms with Crippen LogP contribution in [0.2, 0.25) is 10.0 Å². The molecule has 0 N–H and O–H groups in total. The molecule has 1 aliphatic rings. The van der Waals surface area contributed by atoms with Gasteiger partial charge in [-0.1, -0.05) is 53.2 Å². The number of amides is 1. The average molecular weight is 638 g/mol. The van der Waals surface area contributed by atoms with Crippen LogP contribution < -0.4 is 19.3 Å². The lowest BCUT2D eigenvalue weighted by Gasteiger charge is -2.17. The zero-order valence-electron chi connectivity index (χ0n) is 20.3. The van der Waals surface area contributed by atoms with Gasteiger partial charge >= 0.3 is 0 Å². The second kappa shape index (κ2) is 12.1. The molecule has 0 saturated carbocycles. The third-order valence-corrected chi connectivity index (χ3v) is 8.04. The molecule has 3 aromatic rings. The maximum absolute atomic E-state index is 13.3. The normalized spacial score (nSPS) is 14.4. The fourth-order valence-electron chi connectivity index (χ4n) is 3.60. The molecule has 37 heavy (non-hydrogen) atoms. The molecule has 1 amide bonds.